The molecule has 1 saturated heterocycles. The quantitative estimate of drug-likeness (QED) is 0.119. The van der Waals surface area contributed by atoms with E-state index in [2.05, 4.69) is 41.1 Å². The van der Waals surface area contributed by atoms with Crippen LogP contribution >= 0.6 is 0 Å². The van der Waals surface area contributed by atoms with E-state index < -0.39 is 53.8 Å². The number of hydrogen-bond donors (Lipinski definition) is 4. The van der Waals surface area contributed by atoms with Gasteiger partial charge in [-0.25, -0.2) is 29.3 Å². The number of nitriles is 1. The second-order valence-corrected chi connectivity index (χ2v) is 14.0. The van der Waals surface area contributed by atoms with Crippen LogP contribution in [0.5, 0.6) is 5.88 Å². The molecule has 5 aromatic heterocycles. The molecule has 1 aliphatic carbocycles. The molecule has 0 unspecified atom stereocenters. The topological polar surface area (TPSA) is 238 Å². The summed E-state index contributed by atoms with van der Waals surface area (Å²) in [6, 6.07) is 8.90. The van der Waals surface area contributed by atoms with Crippen LogP contribution in [0.25, 0.3) is 22.3 Å². The molecule has 2 fully saturated rings. The summed E-state index contributed by atoms with van der Waals surface area (Å²) < 4.78 is 145. The zero-order valence-electron chi connectivity index (χ0n) is 32.6. The number of alkyl halides is 12. The summed E-state index contributed by atoms with van der Waals surface area (Å²) in [6.45, 7) is 1.56. The first kappa shape index (κ1) is 50.7. The highest BCUT2D eigenvalue weighted by Crippen LogP contribution is 2.39. The third kappa shape index (κ3) is 14.0. The zero-order chi connectivity index (χ0) is 48.5. The van der Waals surface area contributed by atoms with Crippen molar-refractivity contribution in [1.29, 1.82) is 5.26 Å². The number of halogens is 12. The van der Waals surface area contributed by atoms with Crippen LogP contribution in [0.4, 0.5) is 52.7 Å². The molecule has 352 valence electrons. The fourth-order valence-electron chi connectivity index (χ4n) is 6.40. The van der Waals surface area contributed by atoms with Crippen molar-refractivity contribution in [3.8, 4) is 23.2 Å². The minimum atomic E-state index is -5.08. The van der Waals surface area contributed by atoms with Gasteiger partial charge in [-0.3, -0.25) is 14.3 Å². The first-order chi connectivity index (χ1) is 30.1. The monoisotopic (exact) mass is 944 g/mol. The third-order valence-electron chi connectivity index (χ3n) is 9.33. The normalized spacial score (nSPS) is 17.4. The summed E-state index contributed by atoms with van der Waals surface area (Å²) in [4.78, 5) is 44.7. The molecule has 0 bridgehead atoms. The molecule has 0 aromatic carbocycles. The Hall–Kier alpha value is -6.99. The Kier molecular flexibility index (Phi) is 15.8. The number of pyridine rings is 1. The Morgan fingerprint density at radius 2 is 1.45 bits per heavy atom. The van der Waals surface area contributed by atoms with Crippen LogP contribution in [0.3, 0.4) is 0 Å². The number of carbonyl (C=O) groups is 3. The van der Waals surface area contributed by atoms with Gasteiger partial charge in [0.05, 0.1) is 30.9 Å². The number of ether oxygens (including phenoxy) is 1. The maximum Gasteiger partial charge on any atom is 0.490 e. The highest BCUT2D eigenvalue weighted by atomic mass is 19.4. The Morgan fingerprint density at radius 1 is 0.862 bits per heavy atom. The van der Waals surface area contributed by atoms with Crippen LogP contribution in [-0.2, 0) is 32.6 Å². The van der Waals surface area contributed by atoms with Gasteiger partial charge in [0.15, 0.2) is 0 Å². The van der Waals surface area contributed by atoms with Crippen molar-refractivity contribution in [3.63, 3.8) is 0 Å². The molecule has 0 amide bonds. The molecule has 6 heterocycles. The molecule has 0 spiro atoms. The number of aromatic nitrogens is 8. The molecule has 4 N–H and O–H groups in total. The number of aromatic amines is 1. The number of rotatable bonds is 8. The standard InChI is InChI=1S/C30H29F3N10O.3C2HF3O2/c31-30(32,33)25-12-20(15-42-11-1-9-38-42)13-26(40-25)44-23-4-2-22(3-5-23)41-17-29(18-41,7-8-34)43-16-21(14-39-43)27-24-6-10-35-28(24)37-19-36-27;3*3-2(4,5)1(6)7/h1,6,9-14,16,19,22-23H,2-5,7,15,17-18H2,(H,35,36,37);3*(H,6,7). The van der Waals surface area contributed by atoms with Crippen LogP contribution in [0.1, 0.15) is 43.4 Å². The summed E-state index contributed by atoms with van der Waals surface area (Å²) in [5.74, 6) is -8.29. The second kappa shape index (κ2) is 20.2. The van der Waals surface area contributed by atoms with E-state index in [-0.39, 0.29) is 18.5 Å². The lowest BCUT2D eigenvalue weighted by atomic mass is 9.82. The number of fused-ring (bicyclic) bond motifs is 1. The minimum Gasteiger partial charge on any atom is -0.475 e. The van der Waals surface area contributed by atoms with Crippen molar-refractivity contribution in [1.82, 2.24) is 44.4 Å². The van der Waals surface area contributed by atoms with Gasteiger partial charge in [0.1, 0.15) is 29.3 Å². The Morgan fingerprint density at radius 3 is 1.95 bits per heavy atom. The molecular weight excluding hydrogens is 912 g/mol. The average molecular weight is 945 g/mol. The number of likely N-dealkylation sites (tertiary alicyclic amines) is 1. The van der Waals surface area contributed by atoms with Crippen LogP contribution < -0.4 is 4.74 Å². The predicted molar refractivity (Wildman–Crippen MR) is 193 cm³/mol. The van der Waals surface area contributed by atoms with Crippen molar-refractivity contribution < 1.29 is 87.1 Å². The summed E-state index contributed by atoms with van der Waals surface area (Å²) in [5, 5.41) is 40.7. The summed E-state index contributed by atoms with van der Waals surface area (Å²) >= 11 is 0. The molecule has 5 aromatic rings. The smallest absolute Gasteiger partial charge is 0.475 e. The van der Waals surface area contributed by atoms with Crippen LogP contribution in [0, 0.1) is 11.3 Å². The third-order valence-corrected chi connectivity index (χ3v) is 9.33. The lowest BCUT2D eigenvalue weighted by Crippen LogP contribution is -2.65. The van der Waals surface area contributed by atoms with E-state index in [4.69, 9.17) is 34.4 Å². The van der Waals surface area contributed by atoms with Crippen LogP contribution in [0.15, 0.2) is 61.6 Å². The molecule has 1 saturated carbocycles. The highest BCUT2D eigenvalue weighted by Gasteiger charge is 2.48. The predicted octanol–water partition coefficient (Wildman–Crippen LogP) is 6.69. The van der Waals surface area contributed by atoms with Crippen molar-refractivity contribution in [2.24, 2.45) is 0 Å². The fraction of sp³-hybridized carbons (Fsp3) is 0.417. The lowest BCUT2D eigenvalue weighted by Gasteiger charge is -2.53. The van der Waals surface area contributed by atoms with Gasteiger partial charge < -0.3 is 25.0 Å². The zero-order valence-corrected chi connectivity index (χ0v) is 32.6. The van der Waals surface area contributed by atoms with Gasteiger partial charge in [-0.1, -0.05) is 0 Å². The summed E-state index contributed by atoms with van der Waals surface area (Å²) in [5.41, 5.74) is 1.42. The Bertz CT molecular complexity index is 2370. The molecule has 2 aliphatic rings. The van der Waals surface area contributed by atoms with E-state index in [0.717, 1.165) is 41.2 Å². The van der Waals surface area contributed by atoms with Crippen LogP contribution in [0.2, 0.25) is 0 Å². The van der Waals surface area contributed by atoms with E-state index in [1.165, 1.54) is 6.33 Å². The maximum absolute atomic E-state index is 13.6. The van der Waals surface area contributed by atoms with Crippen molar-refractivity contribution in [2.75, 3.05) is 13.1 Å². The lowest BCUT2D eigenvalue weighted by molar-refractivity contribution is -0.193. The van der Waals surface area contributed by atoms with E-state index >= 15 is 0 Å². The molecule has 29 heteroatoms. The number of nitrogens with zero attached hydrogens (tertiary/aromatic N) is 9. The van der Waals surface area contributed by atoms with Crippen LogP contribution in [-0.4, -0.2) is 121 Å². The molecule has 1 aliphatic heterocycles. The summed E-state index contributed by atoms with van der Waals surface area (Å²) in [6.07, 6.45) is -6.30. The van der Waals surface area contributed by atoms with Crippen molar-refractivity contribution in [2.45, 2.75) is 81.0 Å². The maximum atomic E-state index is 13.6. The number of aliphatic carboxylic acids is 3. The van der Waals surface area contributed by atoms with E-state index in [1.807, 2.05) is 23.1 Å². The molecule has 0 radical (unpaired) electrons. The molecule has 7 rings (SSSR count). The summed E-state index contributed by atoms with van der Waals surface area (Å²) in [7, 11) is 0. The molecule has 17 nitrogen and oxygen atoms in total. The number of carboxylic acid groups (broad SMARTS) is 3. The van der Waals surface area contributed by atoms with Crippen molar-refractivity contribution in [3.05, 3.63) is 72.8 Å². The second-order valence-electron chi connectivity index (χ2n) is 14.0. The van der Waals surface area contributed by atoms with Crippen molar-refractivity contribution >= 4 is 28.9 Å². The first-order valence-corrected chi connectivity index (χ1v) is 18.2. The van der Waals surface area contributed by atoms with Gasteiger partial charge >= 0.3 is 42.6 Å². The molecule has 0 atom stereocenters. The Labute approximate surface area is 355 Å². The number of nitrogens with one attached hydrogen (secondary N) is 1. The van der Waals surface area contributed by atoms with Gasteiger partial charge in [-0.2, -0.15) is 68.1 Å². The number of H-pyrrole nitrogens is 1. The first-order valence-electron chi connectivity index (χ1n) is 18.2. The van der Waals surface area contributed by atoms with E-state index in [9.17, 15) is 57.9 Å². The van der Waals surface area contributed by atoms with Gasteiger partial charge in [0.25, 0.3) is 0 Å². The fourth-order valence-corrected chi connectivity index (χ4v) is 6.40. The van der Waals surface area contributed by atoms with Gasteiger partial charge in [0, 0.05) is 60.9 Å². The van der Waals surface area contributed by atoms with Gasteiger partial charge in [-0.15, -0.1) is 0 Å². The van der Waals surface area contributed by atoms with Gasteiger partial charge in [-0.05, 0) is 49.4 Å². The SMILES string of the molecule is N#CCC1(n2cc(-c3ncnc4[nH]ccc34)cn2)CN(C2CCC(Oc3cc(Cn4cccn4)cc(C(F)(F)F)n3)CC2)C1.O=C(O)C(F)(F)F.O=C(O)C(F)(F)F.O=C(O)C(F)(F)F. The van der Waals surface area contributed by atoms with E-state index in [0.29, 0.717) is 44.0 Å². The largest absolute Gasteiger partial charge is 0.490 e. The Balaban J connectivity index is 0.000000366. The number of hydrogen-bond acceptors (Lipinski definition) is 11. The average Bonchev–Trinajstić information content (AvgIpc) is 3.99. The van der Waals surface area contributed by atoms with E-state index in [1.54, 1.807) is 35.4 Å². The highest BCUT2D eigenvalue weighted by molar-refractivity contribution is 5.90. The minimum absolute atomic E-state index is 0.0162. The molecule has 65 heavy (non-hydrogen) atoms. The number of carboxylic acids is 3. The van der Waals surface area contributed by atoms with Gasteiger partial charge in [0.2, 0.25) is 5.88 Å². The molecular formula is C36H32F12N10O7.